The zero-order valence-corrected chi connectivity index (χ0v) is 9.33. The molecule has 0 radical (unpaired) electrons. The molecule has 1 aliphatic carbocycles. The predicted octanol–water partition coefficient (Wildman–Crippen LogP) is 2.48. The van der Waals surface area contributed by atoms with E-state index in [1.165, 1.54) is 24.1 Å². The molecule has 1 aromatic heterocycles. The van der Waals surface area contributed by atoms with Crippen LogP contribution < -0.4 is 0 Å². The van der Waals surface area contributed by atoms with Crippen molar-refractivity contribution in [1.29, 1.82) is 0 Å². The smallest absolute Gasteiger partial charge is 0.0794 e. The van der Waals surface area contributed by atoms with Gasteiger partial charge in [0.15, 0.2) is 0 Å². The average Bonchev–Trinajstić information content (AvgIpc) is 2.75. The molecule has 3 heteroatoms. The Morgan fingerprint density at radius 2 is 2.50 bits per heavy atom. The topological polar surface area (TPSA) is 33.1 Å². The molecule has 1 aromatic rings. The van der Waals surface area contributed by atoms with E-state index in [0.29, 0.717) is 5.92 Å². The Labute approximate surface area is 89.0 Å². The maximum atomic E-state index is 10.0. The Balaban J connectivity index is 1.87. The third kappa shape index (κ3) is 2.34. The normalized spacial score (nSPS) is 29.3. The van der Waals surface area contributed by atoms with Crippen LogP contribution in [-0.4, -0.2) is 16.2 Å². The molecule has 0 aliphatic heterocycles. The summed E-state index contributed by atoms with van der Waals surface area (Å²) in [5.74, 6) is 1.32. The van der Waals surface area contributed by atoms with Gasteiger partial charge in [0.25, 0.3) is 0 Å². The van der Waals surface area contributed by atoms with Gasteiger partial charge < -0.3 is 5.11 Å². The number of aliphatic hydroxyl groups is 1. The van der Waals surface area contributed by atoms with Crippen LogP contribution in [0.3, 0.4) is 0 Å². The minimum atomic E-state index is -0.152. The first-order valence-corrected chi connectivity index (χ1v) is 6.19. The lowest BCUT2D eigenvalue weighted by Gasteiger charge is -2.16. The number of rotatable bonds is 3. The Morgan fingerprint density at radius 1 is 1.64 bits per heavy atom. The van der Waals surface area contributed by atoms with E-state index in [2.05, 4.69) is 11.9 Å². The molecule has 0 spiro atoms. The summed E-state index contributed by atoms with van der Waals surface area (Å²) in [6.07, 6.45) is 6.18. The fourth-order valence-electron chi connectivity index (χ4n) is 2.32. The molecule has 3 atom stereocenters. The molecule has 2 nitrogen and oxygen atoms in total. The number of hydrogen-bond donors (Lipinski definition) is 1. The molecular weight excluding hydrogens is 194 g/mol. The highest BCUT2D eigenvalue weighted by molar-refractivity contribution is 7.09. The molecule has 3 unspecified atom stereocenters. The van der Waals surface area contributed by atoms with Gasteiger partial charge in [-0.1, -0.05) is 13.3 Å². The van der Waals surface area contributed by atoms with Crippen molar-refractivity contribution in [1.82, 2.24) is 4.98 Å². The van der Waals surface area contributed by atoms with E-state index in [1.807, 2.05) is 11.7 Å². The molecule has 1 saturated carbocycles. The second-order valence-corrected chi connectivity index (χ2v) is 5.39. The summed E-state index contributed by atoms with van der Waals surface area (Å²) < 4.78 is 0. The predicted molar refractivity (Wildman–Crippen MR) is 58.3 cm³/mol. The monoisotopic (exact) mass is 211 g/mol. The Hall–Kier alpha value is -0.410. The molecule has 1 fully saturated rings. The maximum absolute atomic E-state index is 10.0. The first-order chi connectivity index (χ1) is 6.75. The van der Waals surface area contributed by atoms with Crippen LogP contribution in [0.5, 0.6) is 0 Å². The molecule has 0 amide bonds. The fraction of sp³-hybridized carbons (Fsp3) is 0.727. The van der Waals surface area contributed by atoms with Crippen LogP contribution in [0.4, 0.5) is 0 Å². The second kappa shape index (κ2) is 4.41. The van der Waals surface area contributed by atoms with E-state index in [0.717, 1.165) is 12.3 Å². The molecule has 0 saturated heterocycles. The van der Waals surface area contributed by atoms with Crippen LogP contribution in [0.1, 0.15) is 31.1 Å². The zero-order valence-electron chi connectivity index (χ0n) is 8.52. The van der Waals surface area contributed by atoms with E-state index in [4.69, 9.17) is 0 Å². The van der Waals surface area contributed by atoms with E-state index >= 15 is 0 Å². The summed E-state index contributed by atoms with van der Waals surface area (Å²) in [5, 5.41) is 10.0. The Bertz CT molecular complexity index is 273. The summed E-state index contributed by atoms with van der Waals surface area (Å²) >= 11 is 1.64. The molecule has 0 aromatic carbocycles. The highest BCUT2D eigenvalue weighted by Gasteiger charge is 2.27. The SMILES string of the molecule is CC1CCC(C(O)Cc2cncs2)C1. The molecule has 1 heterocycles. The molecule has 2 rings (SSSR count). The van der Waals surface area contributed by atoms with Crippen LogP contribution in [0, 0.1) is 11.8 Å². The molecule has 1 aliphatic rings. The van der Waals surface area contributed by atoms with E-state index in [-0.39, 0.29) is 6.10 Å². The first-order valence-electron chi connectivity index (χ1n) is 5.31. The molecule has 1 N–H and O–H groups in total. The zero-order chi connectivity index (χ0) is 9.97. The summed E-state index contributed by atoms with van der Waals surface area (Å²) in [5.41, 5.74) is 1.83. The van der Waals surface area contributed by atoms with E-state index < -0.39 is 0 Å². The molecular formula is C11H17NOS. The number of aromatic nitrogens is 1. The lowest BCUT2D eigenvalue weighted by Crippen LogP contribution is -2.20. The number of hydrogen-bond acceptors (Lipinski definition) is 3. The number of aliphatic hydroxyl groups excluding tert-OH is 1. The van der Waals surface area contributed by atoms with Crippen LogP contribution >= 0.6 is 11.3 Å². The van der Waals surface area contributed by atoms with Gasteiger partial charge in [-0.15, -0.1) is 11.3 Å². The lowest BCUT2D eigenvalue weighted by molar-refractivity contribution is 0.110. The van der Waals surface area contributed by atoms with Gasteiger partial charge in [-0.05, 0) is 24.7 Å². The minimum Gasteiger partial charge on any atom is -0.392 e. The second-order valence-electron chi connectivity index (χ2n) is 4.42. The number of nitrogens with zero attached hydrogens (tertiary/aromatic N) is 1. The number of thiazole rings is 1. The van der Waals surface area contributed by atoms with Crippen molar-refractivity contribution in [2.24, 2.45) is 11.8 Å². The van der Waals surface area contributed by atoms with Crippen molar-refractivity contribution < 1.29 is 5.11 Å². The fourth-order valence-corrected chi connectivity index (χ4v) is 2.96. The van der Waals surface area contributed by atoms with Crippen LogP contribution in [0.15, 0.2) is 11.7 Å². The van der Waals surface area contributed by atoms with Crippen LogP contribution in [0.2, 0.25) is 0 Å². The molecule has 14 heavy (non-hydrogen) atoms. The van der Waals surface area contributed by atoms with Crippen LogP contribution in [-0.2, 0) is 6.42 Å². The van der Waals surface area contributed by atoms with Gasteiger partial charge in [0, 0.05) is 17.5 Å². The van der Waals surface area contributed by atoms with Crippen LogP contribution in [0.25, 0.3) is 0 Å². The van der Waals surface area contributed by atoms with E-state index in [1.54, 1.807) is 11.3 Å². The van der Waals surface area contributed by atoms with E-state index in [9.17, 15) is 5.11 Å². The van der Waals surface area contributed by atoms with Crippen molar-refractivity contribution in [3.63, 3.8) is 0 Å². The van der Waals surface area contributed by atoms with Crippen molar-refractivity contribution in [2.45, 2.75) is 38.7 Å². The summed E-state index contributed by atoms with van der Waals surface area (Å²) in [7, 11) is 0. The minimum absolute atomic E-state index is 0.152. The summed E-state index contributed by atoms with van der Waals surface area (Å²) in [6, 6.07) is 0. The maximum Gasteiger partial charge on any atom is 0.0794 e. The van der Waals surface area contributed by atoms with Gasteiger partial charge >= 0.3 is 0 Å². The van der Waals surface area contributed by atoms with Crippen molar-refractivity contribution in [3.05, 3.63) is 16.6 Å². The molecule has 78 valence electrons. The average molecular weight is 211 g/mol. The van der Waals surface area contributed by atoms with Gasteiger partial charge in [-0.2, -0.15) is 0 Å². The van der Waals surface area contributed by atoms with Gasteiger partial charge in [-0.25, -0.2) is 0 Å². The van der Waals surface area contributed by atoms with Crippen molar-refractivity contribution in [3.8, 4) is 0 Å². The van der Waals surface area contributed by atoms with Gasteiger partial charge in [0.1, 0.15) is 0 Å². The van der Waals surface area contributed by atoms with Gasteiger partial charge in [-0.3, -0.25) is 4.98 Å². The summed E-state index contributed by atoms with van der Waals surface area (Å²) in [6.45, 7) is 2.28. The Kier molecular flexibility index (Phi) is 3.19. The quantitative estimate of drug-likeness (QED) is 0.833. The summed E-state index contributed by atoms with van der Waals surface area (Å²) in [4.78, 5) is 5.23. The van der Waals surface area contributed by atoms with Crippen molar-refractivity contribution >= 4 is 11.3 Å². The largest absolute Gasteiger partial charge is 0.392 e. The molecule has 0 bridgehead atoms. The third-order valence-electron chi connectivity index (χ3n) is 3.17. The third-order valence-corrected chi connectivity index (χ3v) is 3.98. The van der Waals surface area contributed by atoms with Gasteiger partial charge in [0.05, 0.1) is 11.6 Å². The highest BCUT2D eigenvalue weighted by Crippen LogP contribution is 2.33. The standard InChI is InChI=1S/C11H17NOS/c1-8-2-3-9(4-8)11(13)5-10-6-12-7-14-10/h6-9,11,13H,2-5H2,1H3. The highest BCUT2D eigenvalue weighted by atomic mass is 32.1. The Morgan fingerprint density at radius 3 is 3.07 bits per heavy atom. The first kappa shape index (κ1) is 10.1. The van der Waals surface area contributed by atoms with Crippen molar-refractivity contribution in [2.75, 3.05) is 0 Å². The van der Waals surface area contributed by atoms with Gasteiger partial charge in [0.2, 0.25) is 0 Å². The lowest BCUT2D eigenvalue weighted by atomic mass is 9.97.